The van der Waals surface area contributed by atoms with Crippen molar-refractivity contribution in [2.45, 2.75) is 44.9 Å². The van der Waals surface area contributed by atoms with Gasteiger partial charge in [0.2, 0.25) is 0 Å². The average molecular weight is 188 g/mol. The van der Waals surface area contributed by atoms with Crippen molar-refractivity contribution in [2.24, 2.45) is 0 Å². The van der Waals surface area contributed by atoms with E-state index in [1.165, 1.54) is 0 Å². The topological polar surface area (TPSA) is 26.3 Å². The molecule has 0 fully saturated rings. The minimum Gasteiger partial charge on any atom is -0.468 e. The van der Waals surface area contributed by atoms with Crippen LogP contribution in [0, 0.1) is 0 Å². The number of ether oxygens (including phenoxy) is 1. The number of carbonyl (C=O) groups excluding carboxylic acids is 1. The number of hydrogen-bond donors (Lipinski definition) is 0. The van der Waals surface area contributed by atoms with E-state index in [9.17, 15) is 4.79 Å². The molecule has 0 bridgehead atoms. The van der Waals surface area contributed by atoms with Crippen LogP contribution in [0.3, 0.4) is 0 Å². The van der Waals surface area contributed by atoms with Gasteiger partial charge in [-0.2, -0.15) is 0 Å². The summed E-state index contributed by atoms with van der Waals surface area (Å²) >= 11 is 0. The highest BCUT2D eigenvalue weighted by atomic mass is 28.3. The Hall–Kier alpha value is -0.313. The molecular weight excluding hydrogens is 168 g/mol. The Morgan fingerprint density at radius 1 is 1.33 bits per heavy atom. The van der Waals surface area contributed by atoms with E-state index in [1.54, 1.807) is 0 Å². The lowest BCUT2D eigenvalue weighted by atomic mass is 10.2. The SMILES string of the molecule is CC(C)(C)[Si](C)(C)CCOC=O. The van der Waals surface area contributed by atoms with Gasteiger partial charge in [-0.1, -0.05) is 33.9 Å². The zero-order valence-corrected chi connectivity index (χ0v) is 9.81. The van der Waals surface area contributed by atoms with E-state index in [2.05, 4.69) is 33.9 Å². The summed E-state index contributed by atoms with van der Waals surface area (Å²) in [5.41, 5.74) is 0. The highest BCUT2D eigenvalue weighted by molar-refractivity contribution is 6.80. The fourth-order valence-corrected chi connectivity index (χ4v) is 2.12. The standard InChI is InChI=1S/C9H20O2Si/c1-9(2,3)12(4,5)7-6-11-8-10/h8H,6-7H2,1-5H3. The molecule has 0 unspecified atom stereocenters. The molecule has 2 nitrogen and oxygen atoms in total. The smallest absolute Gasteiger partial charge is 0.293 e. The monoisotopic (exact) mass is 188 g/mol. The van der Waals surface area contributed by atoms with Crippen LogP contribution in [0.25, 0.3) is 0 Å². The number of carbonyl (C=O) groups is 1. The summed E-state index contributed by atoms with van der Waals surface area (Å²) in [5.74, 6) is 0. The van der Waals surface area contributed by atoms with Gasteiger partial charge >= 0.3 is 0 Å². The second-order valence-corrected chi connectivity index (χ2v) is 10.6. The van der Waals surface area contributed by atoms with E-state index in [1.807, 2.05) is 0 Å². The van der Waals surface area contributed by atoms with E-state index in [0.717, 1.165) is 6.04 Å². The zero-order chi connectivity index (χ0) is 9.83. The van der Waals surface area contributed by atoms with Crippen molar-refractivity contribution in [3.63, 3.8) is 0 Å². The van der Waals surface area contributed by atoms with Gasteiger partial charge in [-0.15, -0.1) is 0 Å². The van der Waals surface area contributed by atoms with Crippen molar-refractivity contribution in [1.29, 1.82) is 0 Å². The molecule has 0 aliphatic heterocycles. The third kappa shape index (κ3) is 3.39. The molecule has 0 aliphatic rings. The normalized spacial score (nSPS) is 12.8. The average Bonchev–Trinajstić information content (AvgIpc) is 1.85. The fraction of sp³-hybridized carbons (Fsp3) is 0.889. The predicted molar refractivity (Wildman–Crippen MR) is 54.0 cm³/mol. The molecule has 0 saturated heterocycles. The van der Waals surface area contributed by atoms with Crippen LogP contribution in [0.15, 0.2) is 0 Å². The van der Waals surface area contributed by atoms with Crippen LogP contribution in [0.5, 0.6) is 0 Å². The Morgan fingerprint density at radius 3 is 2.17 bits per heavy atom. The molecule has 0 radical (unpaired) electrons. The van der Waals surface area contributed by atoms with Crippen LogP contribution in [0.2, 0.25) is 24.2 Å². The molecule has 72 valence electrons. The van der Waals surface area contributed by atoms with Crippen molar-refractivity contribution >= 4 is 14.5 Å². The maximum Gasteiger partial charge on any atom is 0.293 e. The Kier molecular flexibility index (Phi) is 3.97. The minimum atomic E-state index is -1.23. The first kappa shape index (κ1) is 11.7. The predicted octanol–water partition coefficient (Wildman–Crippen LogP) is 2.67. The van der Waals surface area contributed by atoms with E-state index in [4.69, 9.17) is 4.74 Å². The zero-order valence-electron chi connectivity index (χ0n) is 8.81. The van der Waals surface area contributed by atoms with Gasteiger partial charge in [0.05, 0.1) is 14.7 Å². The van der Waals surface area contributed by atoms with Crippen LogP contribution < -0.4 is 0 Å². The number of rotatable bonds is 4. The summed E-state index contributed by atoms with van der Waals surface area (Å²) in [6, 6.07) is 1.05. The Balaban J connectivity index is 3.95. The van der Waals surface area contributed by atoms with Crippen molar-refractivity contribution in [3.05, 3.63) is 0 Å². The van der Waals surface area contributed by atoms with Gasteiger partial charge in [-0.25, -0.2) is 0 Å². The molecule has 0 spiro atoms. The minimum absolute atomic E-state index is 0.388. The molecule has 12 heavy (non-hydrogen) atoms. The molecule has 0 rings (SSSR count). The van der Waals surface area contributed by atoms with Crippen LogP contribution >= 0.6 is 0 Å². The molecule has 0 amide bonds. The molecule has 0 aliphatic carbocycles. The molecule has 0 N–H and O–H groups in total. The van der Waals surface area contributed by atoms with Gasteiger partial charge in [0.25, 0.3) is 6.47 Å². The third-order valence-electron chi connectivity index (χ3n) is 2.94. The van der Waals surface area contributed by atoms with Crippen molar-refractivity contribution < 1.29 is 9.53 Å². The van der Waals surface area contributed by atoms with Gasteiger partial charge in [-0.3, -0.25) is 4.79 Å². The fourth-order valence-electron chi connectivity index (χ4n) is 0.737. The lowest BCUT2D eigenvalue weighted by molar-refractivity contribution is -0.128. The van der Waals surface area contributed by atoms with Crippen molar-refractivity contribution in [2.75, 3.05) is 6.61 Å². The molecule has 3 heteroatoms. The highest BCUT2D eigenvalue weighted by Gasteiger charge is 2.34. The summed E-state index contributed by atoms with van der Waals surface area (Å²) in [4.78, 5) is 9.93. The van der Waals surface area contributed by atoms with Crippen LogP contribution in [0.4, 0.5) is 0 Å². The first-order valence-corrected chi connectivity index (χ1v) is 7.57. The second-order valence-electron chi connectivity index (χ2n) is 4.85. The molecule has 0 aromatic heterocycles. The summed E-state index contributed by atoms with van der Waals surface area (Å²) in [6.07, 6.45) is 0. The van der Waals surface area contributed by atoms with Crippen LogP contribution in [-0.4, -0.2) is 21.2 Å². The first-order chi connectivity index (χ1) is 5.31. The quantitative estimate of drug-likeness (QED) is 0.385. The molecule has 0 aromatic rings. The Labute approximate surface area is 76.3 Å². The van der Waals surface area contributed by atoms with E-state index >= 15 is 0 Å². The van der Waals surface area contributed by atoms with Crippen LogP contribution in [0.1, 0.15) is 20.8 Å². The summed E-state index contributed by atoms with van der Waals surface area (Å²) in [5, 5.41) is 0.388. The first-order valence-electron chi connectivity index (χ1n) is 4.36. The maximum atomic E-state index is 9.93. The maximum absolute atomic E-state index is 9.93. The van der Waals surface area contributed by atoms with E-state index in [0.29, 0.717) is 18.1 Å². The lowest BCUT2D eigenvalue weighted by Crippen LogP contribution is -2.37. The van der Waals surface area contributed by atoms with E-state index in [-0.39, 0.29) is 0 Å². The van der Waals surface area contributed by atoms with Crippen LogP contribution in [-0.2, 0) is 9.53 Å². The van der Waals surface area contributed by atoms with E-state index < -0.39 is 8.07 Å². The number of hydrogen-bond acceptors (Lipinski definition) is 2. The second kappa shape index (κ2) is 4.08. The van der Waals surface area contributed by atoms with Gasteiger partial charge in [0.1, 0.15) is 0 Å². The molecular formula is C9H20O2Si. The van der Waals surface area contributed by atoms with Crippen molar-refractivity contribution in [1.82, 2.24) is 0 Å². The van der Waals surface area contributed by atoms with Gasteiger partial charge < -0.3 is 4.74 Å². The molecule has 0 heterocycles. The van der Waals surface area contributed by atoms with Gasteiger partial charge in [0.15, 0.2) is 0 Å². The lowest BCUT2D eigenvalue weighted by Gasteiger charge is -2.36. The summed E-state index contributed by atoms with van der Waals surface area (Å²) in [6.45, 7) is 12.6. The molecule has 0 saturated carbocycles. The summed E-state index contributed by atoms with van der Waals surface area (Å²) in [7, 11) is -1.23. The molecule has 0 atom stereocenters. The van der Waals surface area contributed by atoms with Gasteiger partial charge in [-0.05, 0) is 11.1 Å². The molecule has 0 aromatic carbocycles. The largest absolute Gasteiger partial charge is 0.468 e. The third-order valence-corrected chi connectivity index (χ3v) is 8.46. The van der Waals surface area contributed by atoms with Crippen molar-refractivity contribution in [3.8, 4) is 0 Å². The highest BCUT2D eigenvalue weighted by Crippen LogP contribution is 2.38. The summed E-state index contributed by atoms with van der Waals surface area (Å²) < 4.78 is 4.72. The van der Waals surface area contributed by atoms with Gasteiger partial charge in [0, 0.05) is 0 Å². The Bertz CT molecular complexity index is 147. The Morgan fingerprint density at radius 2 is 1.83 bits per heavy atom.